The van der Waals surface area contributed by atoms with Gasteiger partial charge in [0, 0.05) is 33.3 Å². The van der Waals surface area contributed by atoms with E-state index in [2.05, 4.69) is 24.4 Å². The van der Waals surface area contributed by atoms with Gasteiger partial charge in [-0.1, -0.05) is 59.1 Å². The van der Waals surface area contributed by atoms with Crippen LogP contribution in [0.3, 0.4) is 0 Å². The Morgan fingerprint density at radius 3 is 2.48 bits per heavy atom. The number of hydrogen-bond acceptors (Lipinski definition) is 3. The summed E-state index contributed by atoms with van der Waals surface area (Å²) in [7, 11) is 0. The lowest BCUT2D eigenvalue weighted by Crippen LogP contribution is -2.21. The zero-order valence-electron chi connectivity index (χ0n) is 16.0. The summed E-state index contributed by atoms with van der Waals surface area (Å²) < 4.78 is 5.93. The molecule has 1 unspecified atom stereocenters. The van der Waals surface area contributed by atoms with Crippen molar-refractivity contribution < 1.29 is 4.74 Å². The molecule has 0 heterocycles. The zero-order valence-corrected chi connectivity index (χ0v) is 19.1. The average molecular weight is 467 g/mol. The van der Waals surface area contributed by atoms with Crippen LogP contribution >= 0.6 is 46.6 Å². The lowest BCUT2D eigenvalue weighted by atomic mass is 10.1. The first kappa shape index (κ1) is 22.3. The van der Waals surface area contributed by atoms with Gasteiger partial charge < -0.3 is 10.1 Å². The molecule has 3 aromatic rings. The number of thioether (sulfide) groups is 1. The fourth-order valence-electron chi connectivity index (χ4n) is 2.76. The third-order valence-electron chi connectivity index (χ3n) is 4.38. The molecule has 0 aliphatic heterocycles. The molecule has 3 rings (SSSR count). The Balaban J connectivity index is 1.47. The maximum absolute atomic E-state index is 6.21. The van der Waals surface area contributed by atoms with E-state index in [1.165, 1.54) is 5.56 Å². The van der Waals surface area contributed by atoms with E-state index in [1.54, 1.807) is 17.8 Å². The van der Waals surface area contributed by atoms with Crippen molar-refractivity contribution in [1.82, 2.24) is 5.32 Å². The van der Waals surface area contributed by atoms with Gasteiger partial charge in [-0.25, -0.2) is 0 Å². The summed E-state index contributed by atoms with van der Waals surface area (Å²) in [6.07, 6.45) is 0. The topological polar surface area (TPSA) is 21.3 Å². The van der Waals surface area contributed by atoms with E-state index in [0.717, 1.165) is 38.6 Å². The molecule has 0 radical (unpaired) electrons. The molecule has 3 aromatic carbocycles. The van der Waals surface area contributed by atoms with Crippen molar-refractivity contribution in [3.63, 3.8) is 0 Å². The molecule has 152 valence electrons. The van der Waals surface area contributed by atoms with E-state index < -0.39 is 0 Å². The molecule has 0 spiro atoms. The van der Waals surface area contributed by atoms with Crippen molar-refractivity contribution in [1.29, 1.82) is 0 Å². The minimum atomic E-state index is 0.213. The molecular weight excluding hydrogens is 445 g/mol. The number of ether oxygens (including phenoxy) is 1. The Bertz CT molecular complexity index is 934. The number of benzene rings is 3. The van der Waals surface area contributed by atoms with Gasteiger partial charge in [0.15, 0.2) is 0 Å². The number of hydrogen-bond donors (Lipinski definition) is 1. The van der Waals surface area contributed by atoms with Crippen molar-refractivity contribution in [3.05, 3.63) is 92.9 Å². The molecular formula is C23H22Cl3NOS. The van der Waals surface area contributed by atoms with Crippen LogP contribution in [0, 0.1) is 0 Å². The van der Waals surface area contributed by atoms with Crippen LogP contribution < -0.4 is 10.1 Å². The first-order chi connectivity index (χ1) is 14.0. The lowest BCUT2D eigenvalue weighted by Gasteiger charge is -2.16. The summed E-state index contributed by atoms with van der Waals surface area (Å²) in [5.74, 6) is 1.75. The van der Waals surface area contributed by atoms with Gasteiger partial charge in [-0.05, 0) is 60.5 Å². The van der Waals surface area contributed by atoms with Gasteiger partial charge >= 0.3 is 0 Å². The second-order valence-corrected chi connectivity index (χ2v) is 9.00. The largest absolute Gasteiger partial charge is 0.489 e. The Labute approximate surface area is 191 Å². The Morgan fingerprint density at radius 2 is 1.69 bits per heavy atom. The molecule has 0 bridgehead atoms. The van der Waals surface area contributed by atoms with E-state index >= 15 is 0 Å². The van der Waals surface area contributed by atoms with Gasteiger partial charge in [0.1, 0.15) is 12.4 Å². The first-order valence-corrected chi connectivity index (χ1v) is 11.4. The van der Waals surface area contributed by atoms with Crippen LogP contribution in [0.2, 0.25) is 15.1 Å². The van der Waals surface area contributed by atoms with E-state index in [-0.39, 0.29) is 6.04 Å². The summed E-state index contributed by atoms with van der Waals surface area (Å²) in [5, 5.41) is 5.71. The van der Waals surface area contributed by atoms with Crippen LogP contribution in [0.4, 0.5) is 0 Å². The van der Waals surface area contributed by atoms with Crippen molar-refractivity contribution >= 4 is 46.6 Å². The minimum Gasteiger partial charge on any atom is -0.489 e. The van der Waals surface area contributed by atoms with Gasteiger partial charge in [-0.2, -0.15) is 0 Å². The molecule has 29 heavy (non-hydrogen) atoms. The zero-order chi connectivity index (χ0) is 20.6. The SMILES string of the molecule is CC(NCCSc1cc(Cl)ccc1Cl)c1cccc(OCc2ccc(Cl)cc2)c1. The maximum atomic E-state index is 6.21. The Morgan fingerprint density at radius 1 is 0.931 bits per heavy atom. The fourth-order valence-corrected chi connectivity index (χ4v) is 4.26. The van der Waals surface area contributed by atoms with Gasteiger partial charge in [0.05, 0.1) is 5.02 Å². The molecule has 0 saturated heterocycles. The molecule has 0 amide bonds. The molecule has 0 aliphatic carbocycles. The molecule has 0 aromatic heterocycles. The third kappa shape index (κ3) is 7.13. The molecule has 2 nitrogen and oxygen atoms in total. The standard InChI is InChI=1S/C23H22Cl3NOS/c1-16(27-11-12-29-23-14-20(25)9-10-22(23)26)18-3-2-4-21(13-18)28-15-17-5-7-19(24)8-6-17/h2-10,13-14,16,27H,11-12,15H2,1H3. The van der Waals surface area contributed by atoms with Crippen molar-refractivity contribution in [3.8, 4) is 5.75 Å². The first-order valence-electron chi connectivity index (χ1n) is 9.30. The predicted octanol–water partition coefficient (Wildman–Crippen LogP) is 7.67. The normalized spacial score (nSPS) is 12.0. The highest BCUT2D eigenvalue weighted by Gasteiger charge is 2.07. The van der Waals surface area contributed by atoms with Gasteiger partial charge in [-0.3, -0.25) is 0 Å². The van der Waals surface area contributed by atoms with Crippen LogP contribution in [0.1, 0.15) is 24.1 Å². The second-order valence-electron chi connectivity index (χ2n) is 6.59. The lowest BCUT2D eigenvalue weighted by molar-refractivity contribution is 0.305. The van der Waals surface area contributed by atoms with Crippen LogP contribution in [0.25, 0.3) is 0 Å². The summed E-state index contributed by atoms with van der Waals surface area (Å²) in [6.45, 7) is 3.51. The molecule has 1 atom stereocenters. The highest BCUT2D eigenvalue weighted by atomic mass is 35.5. The van der Waals surface area contributed by atoms with E-state index in [9.17, 15) is 0 Å². The van der Waals surface area contributed by atoms with E-state index in [1.807, 2.05) is 48.5 Å². The number of nitrogens with one attached hydrogen (secondary N) is 1. The molecule has 0 fully saturated rings. The molecule has 0 aliphatic rings. The van der Waals surface area contributed by atoms with Gasteiger partial charge in [0.2, 0.25) is 0 Å². The van der Waals surface area contributed by atoms with Crippen molar-refractivity contribution in [2.75, 3.05) is 12.3 Å². The molecule has 1 N–H and O–H groups in total. The summed E-state index contributed by atoms with van der Waals surface area (Å²) in [4.78, 5) is 1.01. The summed E-state index contributed by atoms with van der Waals surface area (Å²) >= 11 is 19.9. The third-order valence-corrected chi connectivity index (χ3v) is 6.37. The smallest absolute Gasteiger partial charge is 0.120 e. The van der Waals surface area contributed by atoms with Gasteiger partial charge in [0.25, 0.3) is 0 Å². The minimum absolute atomic E-state index is 0.213. The van der Waals surface area contributed by atoms with Crippen molar-refractivity contribution in [2.45, 2.75) is 24.5 Å². The monoisotopic (exact) mass is 465 g/mol. The average Bonchev–Trinajstić information content (AvgIpc) is 2.73. The van der Waals surface area contributed by atoms with E-state index in [0.29, 0.717) is 11.6 Å². The second kappa shape index (κ2) is 11.1. The van der Waals surface area contributed by atoms with Crippen LogP contribution in [-0.2, 0) is 6.61 Å². The van der Waals surface area contributed by atoms with E-state index in [4.69, 9.17) is 39.5 Å². The van der Waals surface area contributed by atoms with Crippen molar-refractivity contribution in [2.24, 2.45) is 0 Å². The fraction of sp³-hybridized carbons (Fsp3) is 0.217. The van der Waals surface area contributed by atoms with Crippen LogP contribution in [0.15, 0.2) is 71.6 Å². The number of halogens is 3. The highest BCUT2D eigenvalue weighted by molar-refractivity contribution is 7.99. The van der Waals surface area contributed by atoms with Crippen LogP contribution in [0.5, 0.6) is 5.75 Å². The Hall–Kier alpha value is -1.36. The maximum Gasteiger partial charge on any atom is 0.120 e. The quantitative estimate of drug-likeness (QED) is 0.258. The van der Waals surface area contributed by atoms with Gasteiger partial charge in [-0.15, -0.1) is 11.8 Å². The Kier molecular flexibility index (Phi) is 8.58. The van der Waals surface area contributed by atoms with Crippen LogP contribution in [-0.4, -0.2) is 12.3 Å². The summed E-state index contributed by atoms with van der Waals surface area (Å²) in [6, 6.07) is 21.6. The molecule has 6 heteroatoms. The molecule has 0 saturated carbocycles. The predicted molar refractivity (Wildman–Crippen MR) is 126 cm³/mol. The summed E-state index contributed by atoms with van der Waals surface area (Å²) in [5.41, 5.74) is 2.27. The number of rotatable bonds is 9. The highest BCUT2D eigenvalue weighted by Crippen LogP contribution is 2.29.